The molecule has 1 rings (SSSR count). The highest BCUT2D eigenvalue weighted by Gasteiger charge is 2.45. The predicted molar refractivity (Wildman–Crippen MR) is 66.2 cm³/mol. The van der Waals surface area contributed by atoms with Crippen molar-refractivity contribution in [1.82, 2.24) is 0 Å². The molecule has 0 aromatic carbocycles. The number of rotatable bonds is 5. The summed E-state index contributed by atoms with van der Waals surface area (Å²) in [6.07, 6.45) is 0.579. The molecule has 0 aromatic rings. The maximum Gasteiger partial charge on any atom is 0.309 e. The fraction of sp³-hybridized carbons (Fsp3) is 0.692. The van der Waals surface area contributed by atoms with Gasteiger partial charge in [-0.25, -0.2) is 0 Å². The molecule has 1 aliphatic carbocycles. The predicted octanol–water partition coefficient (Wildman–Crippen LogP) is 0.291. The Morgan fingerprint density at radius 1 is 1.21 bits per heavy atom. The molecule has 1 fully saturated rings. The monoisotopic (exact) mass is 272 g/mol. The van der Waals surface area contributed by atoms with E-state index in [4.69, 9.17) is 9.47 Å². The SMILES string of the molecule is C=CCO[C@@H]1C[C@H](C(=O)OC)[C@@H](C(=O)OC)C[C@@H]1O. The van der Waals surface area contributed by atoms with Gasteiger partial charge in [-0.3, -0.25) is 9.59 Å². The Balaban J connectivity index is 2.82. The third-order valence-electron chi connectivity index (χ3n) is 3.33. The molecule has 1 aliphatic rings. The van der Waals surface area contributed by atoms with Crippen molar-refractivity contribution < 1.29 is 28.9 Å². The van der Waals surface area contributed by atoms with Crippen molar-refractivity contribution in [2.75, 3.05) is 20.8 Å². The lowest BCUT2D eigenvalue weighted by Gasteiger charge is -2.36. The van der Waals surface area contributed by atoms with Gasteiger partial charge in [0.1, 0.15) is 0 Å². The van der Waals surface area contributed by atoms with E-state index < -0.39 is 36.0 Å². The Hall–Kier alpha value is -1.40. The van der Waals surface area contributed by atoms with Gasteiger partial charge in [0.05, 0.1) is 44.9 Å². The second-order valence-electron chi connectivity index (χ2n) is 4.46. The summed E-state index contributed by atoms with van der Waals surface area (Å²) in [5.41, 5.74) is 0. The van der Waals surface area contributed by atoms with Crippen LogP contribution in [0, 0.1) is 11.8 Å². The molecule has 4 atom stereocenters. The smallest absolute Gasteiger partial charge is 0.309 e. The van der Waals surface area contributed by atoms with Crippen LogP contribution < -0.4 is 0 Å². The molecule has 6 heteroatoms. The first-order chi connectivity index (χ1) is 9.04. The van der Waals surface area contributed by atoms with Crippen LogP contribution >= 0.6 is 0 Å². The third-order valence-corrected chi connectivity index (χ3v) is 3.33. The van der Waals surface area contributed by atoms with Crippen LogP contribution in [0.25, 0.3) is 0 Å². The molecule has 0 aliphatic heterocycles. The number of aliphatic hydroxyl groups excluding tert-OH is 1. The normalized spacial score (nSPS) is 30.5. The van der Waals surface area contributed by atoms with E-state index in [1.54, 1.807) is 6.08 Å². The van der Waals surface area contributed by atoms with Gasteiger partial charge in [0.25, 0.3) is 0 Å². The highest BCUT2D eigenvalue weighted by Crippen LogP contribution is 2.33. The summed E-state index contributed by atoms with van der Waals surface area (Å²) >= 11 is 0. The molecule has 0 bridgehead atoms. The summed E-state index contributed by atoms with van der Waals surface area (Å²) in [5, 5.41) is 9.96. The minimum Gasteiger partial charge on any atom is -0.469 e. The first kappa shape index (κ1) is 15.7. The Morgan fingerprint density at radius 2 is 1.74 bits per heavy atom. The minimum absolute atomic E-state index is 0.119. The Bertz CT molecular complexity index is 340. The summed E-state index contributed by atoms with van der Waals surface area (Å²) < 4.78 is 14.8. The van der Waals surface area contributed by atoms with Gasteiger partial charge in [-0.2, -0.15) is 0 Å². The highest BCUT2D eigenvalue weighted by atomic mass is 16.5. The van der Waals surface area contributed by atoms with Crippen LogP contribution in [0.5, 0.6) is 0 Å². The first-order valence-corrected chi connectivity index (χ1v) is 6.11. The van der Waals surface area contributed by atoms with Crippen molar-refractivity contribution in [3.8, 4) is 0 Å². The van der Waals surface area contributed by atoms with Crippen molar-refractivity contribution in [3.05, 3.63) is 12.7 Å². The van der Waals surface area contributed by atoms with E-state index in [1.807, 2.05) is 0 Å². The maximum atomic E-state index is 11.7. The van der Waals surface area contributed by atoms with Crippen molar-refractivity contribution in [2.24, 2.45) is 11.8 Å². The van der Waals surface area contributed by atoms with E-state index >= 15 is 0 Å². The molecule has 0 heterocycles. The summed E-state index contributed by atoms with van der Waals surface area (Å²) in [4.78, 5) is 23.4. The van der Waals surface area contributed by atoms with E-state index in [0.29, 0.717) is 0 Å². The topological polar surface area (TPSA) is 82.1 Å². The summed E-state index contributed by atoms with van der Waals surface area (Å²) in [7, 11) is 2.52. The number of aliphatic hydroxyl groups is 1. The van der Waals surface area contributed by atoms with E-state index in [1.165, 1.54) is 14.2 Å². The lowest BCUT2D eigenvalue weighted by molar-refractivity contribution is -0.168. The number of methoxy groups -OCH3 is 2. The lowest BCUT2D eigenvalue weighted by Crippen LogP contribution is -2.46. The van der Waals surface area contributed by atoms with Crippen LogP contribution in [0.3, 0.4) is 0 Å². The number of esters is 2. The zero-order valence-corrected chi connectivity index (χ0v) is 11.2. The first-order valence-electron chi connectivity index (χ1n) is 6.11. The molecule has 0 saturated heterocycles. The molecule has 1 N–H and O–H groups in total. The molecular weight excluding hydrogens is 252 g/mol. The highest BCUT2D eigenvalue weighted by molar-refractivity contribution is 5.82. The molecule has 1 saturated carbocycles. The Kier molecular flexibility index (Phi) is 5.98. The second-order valence-corrected chi connectivity index (χ2v) is 4.46. The minimum atomic E-state index is -0.815. The molecule has 19 heavy (non-hydrogen) atoms. The summed E-state index contributed by atoms with van der Waals surface area (Å²) in [5.74, 6) is -2.36. The molecule has 0 radical (unpaired) electrons. The molecular formula is C13H20O6. The average molecular weight is 272 g/mol. The van der Waals surface area contributed by atoms with Crippen LogP contribution in [0.15, 0.2) is 12.7 Å². The third kappa shape index (κ3) is 3.78. The van der Waals surface area contributed by atoms with Crippen molar-refractivity contribution >= 4 is 11.9 Å². The van der Waals surface area contributed by atoms with Gasteiger partial charge in [-0.15, -0.1) is 6.58 Å². The van der Waals surface area contributed by atoms with Gasteiger partial charge in [-0.05, 0) is 12.8 Å². The Labute approximate surface area is 112 Å². The molecule has 0 amide bonds. The van der Waals surface area contributed by atoms with E-state index in [9.17, 15) is 14.7 Å². The number of carbonyl (C=O) groups excluding carboxylic acids is 2. The van der Waals surface area contributed by atoms with Crippen molar-refractivity contribution in [1.29, 1.82) is 0 Å². The van der Waals surface area contributed by atoms with E-state index in [0.717, 1.165) is 0 Å². The van der Waals surface area contributed by atoms with Crippen molar-refractivity contribution in [2.45, 2.75) is 25.0 Å². The zero-order valence-electron chi connectivity index (χ0n) is 11.2. The van der Waals surface area contributed by atoms with E-state index in [-0.39, 0.29) is 19.4 Å². The van der Waals surface area contributed by atoms with Crippen LogP contribution in [0.1, 0.15) is 12.8 Å². The molecule has 108 valence electrons. The fourth-order valence-electron chi connectivity index (χ4n) is 2.34. The largest absolute Gasteiger partial charge is 0.469 e. The number of ether oxygens (including phenoxy) is 3. The van der Waals surface area contributed by atoms with Crippen LogP contribution in [0.2, 0.25) is 0 Å². The van der Waals surface area contributed by atoms with Gasteiger partial charge in [0.2, 0.25) is 0 Å². The van der Waals surface area contributed by atoms with Gasteiger partial charge in [0.15, 0.2) is 0 Å². The average Bonchev–Trinajstić information content (AvgIpc) is 2.43. The zero-order chi connectivity index (χ0) is 14.4. The summed E-state index contributed by atoms with van der Waals surface area (Å²) in [6.45, 7) is 3.80. The maximum absolute atomic E-state index is 11.7. The quantitative estimate of drug-likeness (QED) is 0.572. The molecule has 0 spiro atoms. The van der Waals surface area contributed by atoms with Crippen molar-refractivity contribution in [3.63, 3.8) is 0 Å². The van der Waals surface area contributed by atoms with Gasteiger partial charge >= 0.3 is 11.9 Å². The molecule has 0 aromatic heterocycles. The van der Waals surface area contributed by atoms with Crippen LogP contribution in [0.4, 0.5) is 0 Å². The molecule has 0 unspecified atom stereocenters. The molecule has 6 nitrogen and oxygen atoms in total. The second kappa shape index (κ2) is 7.25. The Morgan fingerprint density at radius 3 is 2.21 bits per heavy atom. The van der Waals surface area contributed by atoms with Gasteiger partial charge in [-0.1, -0.05) is 6.08 Å². The van der Waals surface area contributed by atoms with Gasteiger partial charge < -0.3 is 19.3 Å². The van der Waals surface area contributed by atoms with Crippen LogP contribution in [-0.2, 0) is 23.8 Å². The number of carbonyl (C=O) groups is 2. The number of hydrogen-bond acceptors (Lipinski definition) is 6. The van der Waals surface area contributed by atoms with Crippen LogP contribution in [-0.4, -0.2) is 50.1 Å². The lowest BCUT2D eigenvalue weighted by atomic mass is 9.76. The summed E-state index contributed by atoms with van der Waals surface area (Å²) in [6, 6.07) is 0. The fourth-order valence-corrected chi connectivity index (χ4v) is 2.34. The number of hydrogen-bond donors (Lipinski definition) is 1. The standard InChI is InChI=1S/C13H20O6/c1-4-5-19-11-7-9(13(16)18-3)8(6-10(11)14)12(15)17-2/h4,8-11,14H,1,5-7H2,2-3H3/t8-,9-,10-,11+/m0/s1. The van der Waals surface area contributed by atoms with Gasteiger partial charge in [0, 0.05) is 0 Å². The van der Waals surface area contributed by atoms with E-state index in [2.05, 4.69) is 11.3 Å².